The summed E-state index contributed by atoms with van der Waals surface area (Å²) in [5.74, 6) is -0.401. The van der Waals surface area contributed by atoms with Crippen LogP contribution in [-0.4, -0.2) is 16.1 Å². The maximum absolute atomic E-state index is 10.7. The van der Waals surface area contributed by atoms with E-state index in [-0.39, 0.29) is 18.0 Å². The van der Waals surface area contributed by atoms with Crippen molar-refractivity contribution in [3.05, 3.63) is 52.2 Å². The predicted molar refractivity (Wildman–Crippen MR) is 76.6 cm³/mol. The number of ether oxygens (including phenoxy) is 1. The molecule has 0 aliphatic heterocycles. The second-order valence-corrected chi connectivity index (χ2v) is 4.82. The second-order valence-electron chi connectivity index (χ2n) is 4.42. The molecule has 106 valence electrons. The lowest BCUT2D eigenvalue weighted by Crippen LogP contribution is -2.00. The van der Waals surface area contributed by atoms with Gasteiger partial charge in [-0.05, 0) is 36.2 Å². The minimum atomic E-state index is -0.941. The van der Waals surface area contributed by atoms with Crippen LogP contribution in [0.4, 0.5) is 0 Å². The van der Waals surface area contributed by atoms with Gasteiger partial charge in [0.2, 0.25) is 5.88 Å². The van der Waals surface area contributed by atoms with Gasteiger partial charge < -0.3 is 9.84 Å². The van der Waals surface area contributed by atoms with Gasteiger partial charge in [-0.15, -0.1) is 0 Å². The first-order chi connectivity index (χ1) is 9.97. The van der Waals surface area contributed by atoms with Gasteiger partial charge in [-0.3, -0.25) is 4.79 Å². The summed E-state index contributed by atoms with van der Waals surface area (Å²) in [6.07, 6.45) is -0.127. The molecule has 0 spiro atoms. The van der Waals surface area contributed by atoms with Crippen molar-refractivity contribution in [3.63, 3.8) is 0 Å². The molecular weight excluding hydrogens is 292 g/mol. The molecule has 0 aliphatic carbocycles. The number of carboxylic acid groups (broad SMARTS) is 1. The van der Waals surface area contributed by atoms with Crippen LogP contribution in [0.1, 0.15) is 16.8 Å². The van der Waals surface area contributed by atoms with E-state index in [1.807, 2.05) is 13.0 Å². The van der Waals surface area contributed by atoms with E-state index in [4.69, 9.17) is 26.7 Å². The Morgan fingerprint density at radius 2 is 2.19 bits per heavy atom. The number of nitrogens with zero attached hydrogens (tertiary/aromatic N) is 2. The van der Waals surface area contributed by atoms with E-state index in [1.54, 1.807) is 30.3 Å². The van der Waals surface area contributed by atoms with E-state index in [0.717, 1.165) is 5.56 Å². The van der Waals surface area contributed by atoms with E-state index >= 15 is 0 Å². The Morgan fingerprint density at radius 3 is 2.86 bits per heavy atom. The second kappa shape index (κ2) is 6.25. The molecule has 2 rings (SSSR count). The predicted octanol–water partition coefficient (Wildman–Crippen LogP) is 3.33. The van der Waals surface area contributed by atoms with Gasteiger partial charge in [0.25, 0.3) is 0 Å². The van der Waals surface area contributed by atoms with E-state index in [0.29, 0.717) is 16.3 Å². The van der Waals surface area contributed by atoms with E-state index < -0.39 is 5.97 Å². The van der Waals surface area contributed by atoms with Crippen LogP contribution in [0.15, 0.2) is 30.3 Å². The van der Waals surface area contributed by atoms with E-state index in [9.17, 15) is 4.79 Å². The van der Waals surface area contributed by atoms with Crippen LogP contribution in [0.3, 0.4) is 0 Å². The maximum atomic E-state index is 10.7. The Kier molecular flexibility index (Phi) is 4.41. The molecule has 21 heavy (non-hydrogen) atoms. The number of benzene rings is 1. The number of hydrogen-bond acceptors (Lipinski definition) is 4. The third kappa shape index (κ3) is 3.94. The molecule has 1 heterocycles. The molecule has 0 aliphatic rings. The van der Waals surface area contributed by atoms with Crippen molar-refractivity contribution in [2.45, 2.75) is 13.3 Å². The highest BCUT2D eigenvalue weighted by molar-refractivity contribution is 6.32. The van der Waals surface area contributed by atoms with Gasteiger partial charge in [0.05, 0.1) is 11.4 Å². The molecule has 0 saturated heterocycles. The van der Waals surface area contributed by atoms with Crippen molar-refractivity contribution in [2.24, 2.45) is 0 Å². The zero-order valence-corrected chi connectivity index (χ0v) is 11.9. The first-order valence-electron chi connectivity index (χ1n) is 6.05. The summed E-state index contributed by atoms with van der Waals surface area (Å²) in [4.78, 5) is 14.8. The number of aryl methyl sites for hydroxylation is 1. The van der Waals surface area contributed by atoms with Crippen LogP contribution in [0, 0.1) is 18.3 Å². The monoisotopic (exact) mass is 302 g/mol. The normalized spacial score (nSPS) is 9.95. The Labute approximate surface area is 126 Å². The first kappa shape index (κ1) is 14.8. The molecule has 0 atom stereocenters. The quantitative estimate of drug-likeness (QED) is 0.936. The van der Waals surface area contributed by atoms with Gasteiger partial charge in [0.1, 0.15) is 17.5 Å². The number of halogens is 1. The van der Waals surface area contributed by atoms with Crippen LogP contribution in [0.25, 0.3) is 0 Å². The fourth-order valence-electron chi connectivity index (χ4n) is 1.77. The summed E-state index contributed by atoms with van der Waals surface area (Å²) in [6, 6.07) is 9.98. The fraction of sp³-hybridized carbons (Fsp3) is 0.133. The van der Waals surface area contributed by atoms with Crippen LogP contribution < -0.4 is 4.74 Å². The molecule has 5 nitrogen and oxygen atoms in total. The lowest BCUT2D eigenvalue weighted by Gasteiger charge is -2.09. The minimum Gasteiger partial charge on any atom is -0.481 e. The van der Waals surface area contributed by atoms with Crippen molar-refractivity contribution >= 4 is 17.6 Å². The molecule has 0 unspecified atom stereocenters. The number of rotatable bonds is 4. The summed E-state index contributed by atoms with van der Waals surface area (Å²) in [7, 11) is 0. The number of hydrogen-bond donors (Lipinski definition) is 1. The molecule has 0 saturated carbocycles. The summed E-state index contributed by atoms with van der Waals surface area (Å²) in [6.45, 7) is 1.82. The molecule has 1 aromatic heterocycles. The minimum absolute atomic E-state index is 0.127. The van der Waals surface area contributed by atoms with Crippen LogP contribution in [-0.2, 0) is 11.2 Å². The van der Waals surface area contributed by atoms with Crippen molar-refractivity contribution in [2.75, 3.05) is 0 Å². The van der Waals surface area contributed by atoms with E-state index in [2.05, 4.69) is 4.98 Å². The maximum Gasteiger partial charge on any atom is 0.307 e. The van der Waals surface area contributed by atoms with Crippen LogP contribution in [0.5, 0.6) is 11.6 Å². The smallest absolute Gasteiger partial charge is 0.307 e. The zero-order chi connectivity index (χ0) is 15.4. The fourth-order valence-corrected chi connectivity index (χ4v) is 1.92. The Hall–Kier alpha value is -2.58. The van der Waals surface area contributed by atoms with Crippen molar-refractivity contribution in [1.29, 1.82) is 5.26 Å². The van der Waals surface area contributed by atoms with Gasteiger partial charge in [-0.1, -0.05) is 17.7 Å². The van der Waals surface area contributed by atoms with Gasteiger partial charge in [-0.2, -0.15) is 5.26 Å². The average molecular weight is 303 g/mol. The average Bonchev–Trinajstić information content (AvgIpc) is 2.41. The molecule has 0 fully saturated rings. The van der Waals surface area contributed by atoms with Crippen molar-refractivity contribution in [1.82, 2.24) is 4.98 Å². The van der Waals surface area contributed by atoms with Gasteiger partial charge in [0.15, 0.2) is 0 Å². The summed E-state index contributed by atoms with van der Waals surface area (Å²) in [5.41, 5.74) is 1.63. The molecule has 2 aromatic rings. The van der Waals surface area contributed by atoms with Crippen molar-refractivity contribution in [3.8, 4) is 17.7 Å². The third-order valence-electron chi connectivity index (χ3n) is 2.63. The highest BCUT2D eigenvalue weighted by Gasteiger charge is 2.09. The number of aromatic nitrogens is 1. The third-order valence-corrected chi connectivity index (χ3v) is 2.94. The lowest BCUT2D eigenvalue weighted by molar-refractivity contribution is -0.136. The van der Waals surface area contributed by atoms with E-state index in [1.165, 1.54) is 0 Å². The van der Waals surface area contributed by atoms with Gasteiger partial charge in [-0.25, -0.2) is 4.98 Å². The van der Waals surface area contributed by atoms with Crippen LogP contribution >= 0.6 is 11.6 Å². The Bertz CT molecular complexity index is 738. The van der Waals surface area contributed by atoms with Gasteiger partial charge in [0, 0.05) is 6.07 Å². The summed E-state index contributed by atoms with van der Waals surface area (Å²) < 4.78 is 5.57. The highest BCUT2D eigenvalue weighted by Crippen LogP contribution is 2.30. The van der Waals surface area contributed by atoms with Crippen molar-refractivity contribution < 1.29 is 14.6 Å². The number of pyridine rings is 1. The Morgan fingerprint density at radius 1 is 1.43 bits per heavy atom. The topological polar surface area (TPSA) is 83.2 Å². The number of carbonyl (C=O) groups is 1. The molecule has 1 aromatic carbocycles. The molecule has 6 heteroatoms. The summed E-state index contributed by atoms with van der Waals surface area (Å²) >= 11 is 6.03. The summed E-state index contributed by atoms with van der Waals surface area (Å²) in [5, 5.41) is 18.0. The largest absolute Gasteiger partial charge is 0.481 e. The molecule has 1 N–H and O–H groups in total. The number of nitriles is 1. The van der Waals surface area contributed by atoms with Gasteiger partial charge >= 0.3 is 5.97 Å². The standard InChI is InChI=1S/C15H11ClN2O3/c1-9-4-11(8-17)18-14(5-9)21-13-6-10(7-15(19)20)2-3-12(13)16/h2-6H,7H2,1H3,(H,19,20). The number of carboxylic acids is 1. The molecular formula is C15H11ClN2O3. The molecule has 0 bridgehead atoms. The molecule has 0 amide bonds. The molecule has 0 radical (unpaired) electrons. The first-order valence-corrected chi connectivity index (χ1v) is 6.42. The zero-order valence-electron chi connectivity index (χ0n) is 11.1. The lowest BCUT2D eigenvalue weighted by atomic mass is 10.1. The highest BCUT2D eigenvalue weighted by atomic mass is 35.5. The Balaban J connectivity index is 2.32. The SMILES string of the molecule is Cc1cc(C#N)nc(Oc2cc(CC(=O)O)ccc2Cl)c1. The van der Waals surface area contributed by atoms with Crippen LogP contribution in [0.2, 0.25) is 5.02 Å². The number of aliphatic carboxylic acids is 1.